The van der Waals surface area contributed by atoms with Crippen LogP contribution in [0, 0.1) is 0 Å². The molecule has 0 bridgehead atoms. The first-order chi connectivity index (χ1) is 5.48. The van der Waals surface area contributed by atoms with Crippen LogP contribution < -0.4 is 0 Å². The van der Waals surface area contributed by atoms with Crippen LogP contribution in [0.2, 0.25) is 0 Å². The van der Waals surface area contributed by atoms with Crippen LogP contribution in [-0.2, 0) is 9.47 Å². The second-order valence-corrected chi connectivity index (χ2v) is 2.97. The van der Waals surface area contributed by atoms with Gasteiger partial charge in [-0.1, -0.05) is 13.3 Å². The Labute approximate surface area is 72.5 Å². The maximum absolute atomic E-state index is 10.1. The van der Waals surface area contributed by atoms with Gasteiger partial charge in [0.15, 0.2) is 0 Å². The lowest BCUT2D eigenvalue weighted by atomic mass is 10.3. The summed E-state index contributed by atoms with van der Waals surface area (Å²) in [5.74, 6) is -1.03. The molecule has 4 heteroatoms. The van der Waals surface area contributed by atoms with Crippen molar-refractivity contribution in [2.45, 2.75) is 39.4 Å². The monoisotopic (exact) mass is 176 g/mol. The lowest BCUT2D eigenvalue weighted by Crippen LogP contribution is -2.31. The van der Waals surface area contributed by atoms with E-state index in [9.17, 15) is 4.79 Å². The molecule has 0 unspecified atom stereocenters. The van der Waals surface area contributed by atoms with Crippen molar-refractivity contribution in [1.29, 1.82) is 0 Å². The second kappa shape index (κ2) is 4.98. The third kappa shape index (κ3) is 5.97. The molecule has 0 heterocycles. The molecule has 0 rings (SSSR count). The summed E-state index contributed by atoms with van der Waals surface area (Å²) in [5, 5.41) is 8.30. The zero-order valence-corrected chi connectivity index (χ0v) is 7.79. The molecular formula is C8H16O4. The molecule has 0 aliphatic rings. The van der Waals surface area contributed by atoms with Crippen LogP contribution in [0.1, 0.15) is 33.6 Å². The lowest BCUT2D eigenvalue weighted by molar-refractivity contribution is -0.185. The molecule has 1 N–H and O–H groups in total. The van der Waals surface area contributed by atoms with Crippen molar-refractivity contribution in [3.8, 4) is 0 Å². The molecule has 0 saturated heterocycles. The zero-order valence-electron chi connectivity index (χ0n) is 7.79. The van der Waals surface area contributed by atoms with Crippen molar-refractivity contribution in [2.75, 3.05) is 6.61 Å². The Bertz CT molecular complexity index is 142. The van der Waals surface area contributed by atoms with E-state index in [4.69, 9.17) is 9.84 Å². The number of carbonyl (C=O) groups is 1. The summed E-state index contributed by atoms with van der Waals surface area (Å²) < 4.78 is 9.66. The van der Waals surface area contributed by atoms with Gasteiger partial charge in [0.05, 0.1) is 6.61 Å². The molecule has 12 heavy (non-hydrogen) atoms. The highest BCUT2D eigenvalue weighted by Crippen LogP contribution is 2.11. The number of hydrogen-bond acceptors (Lipinski definition) is 3. The first kappa shape index (κ1) is 11.2. The predicted molar refractivity (Wildman–Crippen MR) is 44.0 cm³/mol. The Morgan fingerprint density at radius 3 is 2.50 bits per heavy atom. The highest BCUT2D eigenvalue weighted by atomic mass is 16.8. The molecule has 0 spiro atoms. The molecular weight excluding hydrogens is 160 g/mol. The summed E-state index contributed by atoms with van der Waals surface area (Å²) in [7, 11) is 0. The fourth-order valence-corrected chi connectivity index (χ4v) is 0.702. The van der Waals surface area contributed by atoms with E-state index >= 15 is 0 Å². The van der Waals surface area contributed by atoms with Gasteiger partial charge in [-0.05, 0) is 6.42 Å². The normalized spacial score (nSPS) is 11.2. The Balaban J connectivity index is 3.63. The van der Waals surface area contributed by atoms with Gasteiger partial charge >= 0.3 is 6.16 Å². The van der Waals surface area contributed by atoms with Crippen molar-refractivity contribution < 1.29 is 19.4 Å². The molecule has 4 nitrogen and oxygen atoms in total. The first-order valence-corrected chi connectivity index (χ1v) is 4.04. The average Bonchev–Trinajstić information content (AvgIpc) is 1.84. The van der Waals surface area contributed by atoms with Crippen molar-refractivity contribution in [3.05, 3.63) is 0 Å². The Morgan fingerprint density at radius 1 is 1.50 bits per heavy atom. The van der Waals surface area contributed by atoms with E-state index in [0.717, 1.165) is 12.8 Å². The number of carboxylic acid groups (broad SMARTS) is 1. The highest BCUT2D eigenvalue weighted by molar-refractivity contribution is 5.57. The van der Waals surface area contributed by atoms with Gasteiger partial charge in [-0.2, -0.15) is 0 Å². The van der Waals surface area contributed by atoms with Gasteiger partial charge in [0.1, 0.15) is 0 Å². The molecule has 0 aliphatic carbocycles. The first-order valence-electron chi connectivity index (χ1n) is 4.04. The summed E-state index contributed by atoms with van der Waals surface area (Å²) in [6.45, 7) is 5.72. The third-order valence-electron chi connectivity index (χ3n) is 1.28. The summed E-state index contributed by atoms with van der Waals surface area (Å²) in [5.41, 5.74) is 0. The summed E-state index contributed by atoms with van der Waals surface area (Å²) in [6, 6.07) is 0. The maximum atomic E-state index is 10.1. The van der Waals surface area contributed by atoms with Crippen LogP contribution in [0.5, 0.6) is 0 Å². The minimum atomic E-state index is -1.31. The van der Waals surface area contributed by atoms with Crippen LogP contribution >= 0.6 is 0 Å². The number of rotatable bonds is 5. The zero-order chi connectivity index (χ0) is 9.61. The number of unbranched alkanes of at least 4 members (excludes halogenated alkanes) is 1. The van der Waals surface area contributed by atoms with E-state index in [1.54, 1.807) is 13.8 Å². The number of hydrogen-bond donors (Lipinski definition) is 1. The summed E-state index contributed by atoms with van der Waals surface area (Å²) in [4.78, 5) is 10.1. The van der Waals surface area contributed by atoms with Gasteiger partial charge in [-0.3, -0.25) is 0 Å². The van der Waals surface area contributed by atoms with Gasteiger partial charge in [-0.25, -0.2) is 4.79 Å². The summed E-state index contributed by atoms with van der Waals surface area (Å²) in [6.07, 6.45) is 0.617. The summed E-state index contributed by atoms with van der Waals surface area (Å²) >= 11 is 0. The van der Waals surface area contributed by atoms with E-state index < -0.39 is 11.9 Å². The molecule has 72 valence electrons. The minimum Gasteiger partial charge on any atom is -0.450 e. The topological polar surface area (TPSA) is 55.8 Å². The molecule has 0 amide bonds. The SMILES string of the molecule is CCCCOC(C)(C)OC(=O)O. The molecule has 0 aromatic heterocycles. The lowest BCUT2D eigenvalue weighted by Gasteiger charge is -2.23. The Kier molecular flexibility index (Phi) is 4.66. The molecule has 0 atom stereocenters. The minimum absolute atomic E-state index is 0.525. The molecule has 0 saturated carbocycles. The van der Waals surface area contributed by atoms with Gasteiger partial charge in [0, 0.05) is 13.8 Å². The smallest absolute Gasteiger partial charge is 0.450 e. The third-order valence-corrected chi connectivity index (χ3v) is 1.28. The standard InChI is InChI=1S/C8H16O4/c1-4-5-6-11-8(2,3)12-7(9)10/h4-6H2,1-3H3,(H,9,10). The van der Waals surface area contributed by atoms with E-state index in [2.05, 4.69) is 4.74 Å². The molecule has 0 aromatic carbocycles. The van der Waals surface area contributed by atoms with E-state index in [1.807, 2.05) is 6.92 Å². The van der Waals surface area contributed by atoms with Crippen LogP contribution in [0.4, 0.5) is 4.79 Å². The molecule has 0 aliphatic heterocycles. The van der Waals surface area contributed by atoms with Crippen molar-refractivity contribution >= 4 is 6.16 Å². The van der Waals surface area contributed by atoms with Crippen LogP contribution in [-0.4, -0.2) is 23.7 Å². The van der Waals surface area contributed by atoms with Gasteiger partial charge < -0.3 is 14.6 Å². The van der Waals surface area contributed by atoms with Crippen molar-refractivity contribution in [3.63, 3.8) is 0 Å². The highest BCUT2D eigenvalue weighted by Gasteiger charge is 2.22. The quantitative estimate of drug-likeness (QED) is 0.396. The van der Waals surface area contributed by atoms with Gasteiger partial charge in [-0.15, -0.1) is 0 Å². The Hall–Kier alpha value is -0.770. The second-order valence-electron chi connectivity index (χ2n) is 2.97. The molecule has 0 radical (unpaired) electrons. The maximum Gasteiger partial charge on any atom is 0.508 e. The van der Waals surface area contributed by atoms with E-state index in [-0.39, 0.29) is 0 Å². The fraction of sp³-hybridized carbons (Fsp3) is 0.875. The Morgan fingerprint density at radius 2 is 2.08 bits per heavy atom. The molecule has 0 fully saturated rings. The van der Waals surface area contributed by atoms with E-state index in [0.29, 0.717) is 6.61 Å². The van der Waals surface area contributed by atoms with Crippen LogP contribution in [0.15, 0.2) is 0 Å². The van der Waals surface area contributed by atoms with Gasteiger partial charge in [0.25, 0.3) is 0 Å². The van der Waals surface area contributed by atoms with Crippen LogP contribution in [0.25, 0.3) is 0 Å². The number of ether oxygens (including phenoxy) is 2. The van der Waals surface area contributed by atoms with Crippen molar-refractivity contribution in [2.24, 2.45) is 0 Å². The largest absolute Gasteiger partial charge is 0.508 e. The van der Waals surface area contributed by atoms with E-state index in [1.165, 1.54) is 0 Å². The fourth-order valence-electron chi connectivity index (χ4n) is 0.702. The molecule has 0 aromatic rings. The predicted octanol–water partition coefficient (Wildman–Crippen LogP) is 2.23. The van der Waals surface area contributed by atoms with Gasteiger partial charge in [0.2, 0.25) is 5.79 Å². The van der Waals surface area contributed by atoms with Crippen LogP contribution in [0.3, 0.4) is 0 Å². The average molecular weight is 176 g/mol. The van der Waals surface area contributed by atoms with Crippen molar-refractivity contribution in [1.82, 2.24) is 0 Å².